The van der Waals surface area contributed by atoms with Crippen LogP contribution in [-0.2, 0) is 11.2 Å². The predicted octanol–water partition coefficient (Wildman–Crippen LogP) is 3.19. The average Bonchev–Trinajstić information content (AvgIpc) is 2.76. The molecule has 0 aliphatic carbocycles. The summed E-state index contributed by atoms with van der Waals surface area (Å²) < 4.78 is 0. The van der Waals surface area contributed by atoms with Crippen molar-refractivity contribution in [1.29, 1.82) is 0 Å². The smallest absolute Gasteiger partial charge is 0.227 e. The SMILES string of the molecule is O=C(Cc1ccc(O)cc1)N1CCC[C@H](c2ccnc(-c3ccncc3)n2)C1. The van der Waals surface area contributed by atoms with Gasteiger partial charge in [0.2, 0.25) is 5.91 Å². The third-order valence-corrected chi connectivity index (χ3v) is 5.10. The summed E-state index contributed by atoms with van der Waals surface area (Å²) in [4.78, 5) is 27.8. The number of carbonyl (C=O) groups excluding carboxylic acids is 1. The Morgan fingerprint density at radius 1 is 1.07 bits per heavy atom. The van der Waals surface area contributed by atoms with E-state index in [-0.39, 0.29) is 17.6 Å². The van der Waals surface area contributed by atoms with E-state index in [0.717, 1.165) is 36.2 Å². The van der Waals surface area contributed by atoms with Crippen LogP contribution in [0.2, 0.25) is 0 Å². The third-order valence-electron chi connectivity index (χ3n) is 5.10. The lowest BCUT2D eigenvalue weighted by molar-refractivity contribution is -0.131. The maximum Gasteiger partial charge on any atom is 0.227 e. The Kier molecular flexibility index (Phi) is 5.28. The minimum Gasteiger partial charge on any atom is -0.508 e. The van der Waals surface area contributed by atoms with E-state index < -0.39 is 0 Å². The van der Waals surface area contributed by atoms with Gasteiger partial charge >= 0.3 is 0 Å². The molecule has 1 amide bonds. The lowest BCUT2D eigenvalue weighted by atomic mass is 9.94. The van der Waals surface area contributed by atoms with Crippen LogP contribution in [0.5, 0.6) is 5.75 Å². The number of rotatable bonds is 4. The van der Waals surface area contributed by atoms with Gasteiger partial charge in [0, 0.05) is 48.9 Å². The van der Waals surface area contributed by atoms with Crippen molar-refractivity contribution in [3.05, 3.63) is 72.3 Å². The first-order valence-corrected chi connectivity index (χ1v) is 9.48. The highest BCUT2D eigenvalue weighted by atomic mass is 16.3. The van der Waals surface area contributed by atoms with Gasteiger partial charge in [0.1, 0.15) is 5.75 Å². The van der Waals surface area contributed by atoms with Crippen molar-refractivity contribution in [1.82, 2.24) is 19.9 Å². The van der Waals surface area contributed by atoms with Crippen LogP contribution in [0, 0.1) is 0 Å². The van der Waals surface area contributed by atoms with E-state index in [1.807, 2.05) is 23.1 Å². The predicted molar refractivity (Wildman–Crippen MR) is 106 cm³/mol. The number of hydrogen-bond donors (Lipinski definition) is 1. The Labute approximate surface area is 163 Å². The fraction of sp³-hybridized carbons (Fsp3) is 0.273. The average molecular weight is 374 g/mol. The largest absolute Gasteiger partial charge is 0.508 e. The van der Waals surface area contributed by atoms with Crippen LogP contribution in [0.25, 0.3) is 11.4 Å². The van der Waals surface area contributed by atoms with Crippen LogP contribution >= 0.6 is 0 Å². The summed E-state index contributed by atoms with van der Waals surface area (Å²) in [5.41, 5.74) is 2.82. The van der Waals surface area contributed by atoms with E-state index in [4.69, 9.17) is 4.98 Å². The standard InChI is InChI=1S/C22H22N4O2/c27-19-5-3-16(4-6-19)14-21(28)26-13-1-2-18(15-26)20-9-12-24-22(25-20)17-7-10-23-11-8-17/h3-12,18,27H,1-2,13-15H2/t18-/m0/s1. The van der Waals surface area contributed by atoms with Crippen LogP contribution < -0.4 is 0 Å². The van der Waals surface area contributed by atoms with Gasteiger partial charge in [-0.25, -0.2) is 9.97 Å². The highest BCUT2D eigenvalue weighted by Gasteiger charge is 2.26. The number of benzene rings is 1. The lowest BCUT2D eigenvalue weighted by Gasteiger charge is -2.32. The van der Waals surface area contributed by atoms with Gasteiger partial charge in [-0.15, -0.1) is 0 Å². The van der Waals surface area contributed by atoms with Gasteiger partial charge in [-0.2, -0.15) is 0 Å². The number of amides is 1. The van der Waals surface area contributed by atoms with E-state index in [1.165, 1.54) is 0 Å². The second-order valence-electron chi connectivity index (χ2n) is 7.06. The number of phenolic OH excluding ortho intramolecular Hbond substituents is 1. The maximum atomic E-state index is 12.7. The quantitative estimate of drug-likeness (QED) is 0.759. The molecule has 0 unspecified atom stereocenters. The molecule has 6 nitrogen and oxygen atoms in total. The van der Waals surface area contributed by atoms with E-state index in [1.54, 1.807) is 42.9 Å². The van der Waals surface area contributed by atoms with Crippen molar-refractivity contribution in [2.45, 2.75) is 25.2 Å². The van der Waals surface area contributed by atoms with Gasteiger partial charge < -0.3 is 10.0 Å². The Balaban J connectivity index is 1.46. The Bertz CT molecular complexity index is 944. The fourth-order valence-electron chi connectivity index (χ4n) is 3.59. The molecule has 1 atom stereocenters. The molecule has 1 aromatic carbocycles. The first kappa shape index (κ1) is 18.1. The van der Waals surface area contributed by atoms with Crippen molar-refractivity contribution in [2.75, 3.05) is 13.1 Å². The second kappa shape index (κ2) is 8.17. The number of carbonyl (C=O) groups is 1. The molecular formula is C22H22N4O2. The Morgan fingerprint density at radius 2 is 1.86 bits per heavy atom. The monoisotopic (exact) mass is 374 g/mol. The summed E-state index contributed by atoms with van der Waals surface area (Å²) in [5, 5.41) is 9.39. The van der Waals surface area contributed by atoms with Crippen molar-refractivity contribution in [2.24, 2.45) is 0 Å². The highest BCUT2D eigenvalue weighted by molar-refractivity contribution is 5.79. The molecule has 3 aromatic rings. The molecule has 6 heteroatoms. The number of likely N-dealkylation sites (tertiary alicyclic amines) is 1. The molecule has 1 aliphatic heterocycles. The maximum absolute atomic E-state index is 12.7. The summed E-state index contributed by atoms with van der Waals surface area (Å²) in [6, 6.07) is 12.6. The number of aromatic hydroxyl groups is 1. The first-order chi connectivity index (χ1) is 13.7. The summed E-state index contributed by atoms with van der Waals surface area (Å²) in [7, 11) is 0. The minimum atomic E-state index is 0.110. The molecule has 0 spiro atoms. The minimum absolute atomic E-state index is 0.110. The normalized spacial score (nSPS) is 16.7. The number of piperidine rings is 1. The molecule has 142 valence electrons. The Hall–Kier alpha value is -3.28. The van der Waals surface area contributed by atoms with Crippen molar-refractivity contribution >= 4 is 5.91 Å². The van der Waals surface area contributed by atoms with Crippen LogP contribution in [0.3, 0.4) is 0 Å². The van der Waals surface area contributed by atoms with Crippen molar-refractivity contribution < 1.29 is 9.90 Å². The number of hydrogen-bond acceptors (Lipinski definition) is 5. The number of phenols is 1. The zero-order valence-electron chi connectivity index (χ0n) is 15.5. The second-order valence-corrected chi connectivity index (χ2v) is 7.06. The number of nitrogens with zero attached hydrogens (tertiary/aromatic N) is 4. The molecule has 1 aliphatic rings. The van der Waals surface area contributed by atoms with E-state index >= 15 is 0 Å². The van der Waals surface area contributed by atoms with Gasteiger partial charge in [0.15, 0.2) is 5.82 Å². The van der Waals surface area contributed by atoms with E-state index in [9.17, 15) is 9.90 Å². The number of aromatic nitrogens is 3. The van der Waals surface area contributed by atoms with Gasteiger partial charge in [0.25, 0.3) is 0 Å². The van der Waals surface area contributed by atoms with Gasteiger partial charge in [0.05, 0.1) is 6.42 Å². The van der Waals surface area contributed by atoms with Crippen molar-refractivity contribution in [3.63, 3.8) is 0 Å². The van der Waals surface area contributed by atoms with Crippen LogP contribution in [0.4, 0.5) is 0 Å². The third kappa shape index (κ3) is 4.17. The molecule has 28 heavy (non-hydrogen) atoms. The molecule has 1 fully saturated rings. The van der Waals surface area contributed by atoms with Crippen LogP contribution in [-0.4, -0.2) is 44.0 Å². The summed E-state index contributed by atoms with van der Waals surface area (Å²) >= 11 is 0. The molecule has 3 heterocycles. The van der Waals surface area contributed by atoms with Gasteiger partial charge in [-0.3, -0.25) is 9.78 Å². The van der Waals surface area contributed by atoms with Crippen molar-refractivity contribution in [3.8, 4) is 17.1 Å². The molecule has 0 radical (unpaired) electrons. The zero-order chi connectivity index (χ0) is 19.3. The molecular weight excluding hydrogens is 352 g/mol. The highest BCUT2D eigenvalue weighted by Crippen LogP contribution is 2.27. The van der Waals surface area contributed by atoms with Crippen LogP contribution in [0.1, 0.15) is 30.0 Å². The molecule has 0 bridgehead atoms. The summed E-state index contributed by atoms with van der Waals surface area (Å²) in [6.45, 7) is 1.44. The van der Waals surface area contributed by atoms with E-state index in [0.29, 0.717) is 18.8 Å². The fourth-order valence-corrected chi connectivity index (χ4v) is 3.59. The van der Waals surface area contributed by atoms with E-state index in [2.05, 4.69) is 9.97 Å². The van der Waals surface area contributed by atoms with Gasteiger partial charge in [-0.05, 0) is 48.7 Å². The molecule has 1 saturated heterocycles. The number of pyridine rings is 1. The lowest BCUT2D eigenvalue weighted by Crippen LogP contribution is -2.40. The molecule has 0 saturated carbocycles. The Morgan fingerprint density at radius 3 is 2.64 bits per heavy atom. The zero-order valence-corrected chi connectivity index (χ0v) is 15.5. The molecule has 1 N–H and O–H groups in total. The summed E-state index contributed by atoms with van der Waals surface area (Å²) in [5.74, 6) is 1.22. The topological polar surface area (TPSA) is 79.2 Å². The summed E-state index contributed by atoms with van der Waals surface area (Å²) in [6.07, 6.45) is 7.57. The van der Waals surface area contributed by atoms with Gasteiger partial charge in [-0.1, -0.05) is 12.1 Å². The van der Waals surface area contributed by atoms with Crippen LogP contribution in [0.15, 0.2) is 61.1 Å². The molecule has 4 rings (SSSR count). The first-order valence-electron chi connectivity index (χ1n) is 9.48. The molecule has 2 aromatic heterocycles.